The van der Waals surface area contributed by atoms with Crippen molar-refractivity contribution in [3.05, 3.63) is 89.0 Å². The van der Waals surface area contributed by atoms with Gasteiger partial charge in [-0.05, 0) is 61.3 Å². The van der Waals surface area contributed by atoms with E-state index in [1.807, 2.05) is 18.3 Å². The molecule has 3 aromatic rings. The molecule has 1 N–H and O–H groups in total. The predicted molar refractivity (Wildman–Crippen MR) is 126 cm³/mol. The number of rotatable bonds is 6. The van der Waals surface area contributed by atoms with Crippen molar-refractivity contribution in [2.24, 2.45) is 5.92 Å². The maximum atomic E-state index is 5.78. The predicted octanol–water partition coefficient (Wildman–Crippen LogP) is 5.18. The molecule has 5 heteroatoms. The first-order valence-corrected chi connectivity index (χ1v) is 11.0. The fourth-order valence-electron chi connectivity index (χ4n) is 4.47. The minimum Gasteiger partial charge on any atom is -0.352 e. The summed E-state index contributed by atoms with van der Waals surface area (Å²) in [7, 11) is 0. The van der Waals surface area contributed by atoms with E-state index in [1.54, 1.807) is 0 Å². The van der Waals surface area contributed by atoms with Crippen molar-refractivity contribution >= 4 is 17.3 Å². The molecule has 0 amide bonds. The molecule has 0 spiro atoms. The molecule has 0 saturated carbocycles. The van der Waals surface area contributed by atoms with E-state index < -0.39 is 0 Å². The minimum absolute atomic E-state index is 0.0446. The topological polar surface area (TPSA) is 33.1 Å². The molecule has 156 valence electrons. The first-order chi connectivity index (χ1) is 14.5. The Morgan fingerprint density at radius 3 is 2.47 bits per heavy atom. The maximum absolute atomic E-state index is 5.78. The van der Waals surface area contributed by atoms with Crippen molar-refractivity contribution < 1.29 is 0 Å². The Bertz CT molecular complexity index is 1010. The van der Waals surface area contributed by atoms with Gasteiger partial charge >= 0.3 is 0 Å². The van der Waals surface area contributed by atoms with E-state index in [-0.39, 0.29) is 12.1 Å². The average molecular weight is 419 g/mol. The molecule has 4 rings (SSSR count). The van der Waals surface area contributed by atoms with E-state index in [2.05, 4.69) is 89.9 Å². The summed E-state index contributed by atoms with van der Waals surface area (Å²) >= 11 is 5.78. The second kappa shape index (κ2) is 8.60. The fourth-order valence-corrected chi connectivity index (χ4v) is 4.79. The fraction of sp³-hybridized carbons (Fsp3) is 0.360. The third-order valence-electron chi connectivity index (χ3n) is 5.87. The summed E-state index contributed by atoms with van der Waals surface area (Å²) in [6, 6.07) is 19.3. The summed E-state index contributed by atoms with van der Waals surface area (Å²) in [5, 5.41) is 4.38. The SMILES string of the molecule is Cc1cc([C@H]2[C@@H](c3ccccn3)NC(=S)N2CC(C)C)c(C)n1Cc1ccccc1. The Morgan fingerprint density at radius 2 is 1.80 bits per heavy atom. The Balaban J connectivity index is 1.76. The summed E-state index contributed by atoms with van der Waals surface area (Å²) in [4.78, 5) is 7.01. The average Bonchev–Trinajstić information content (AvgIpc) is 3.20. The number of hydrogen-bond donors (Lipinski definition) is 1. The van der Waals surface area contributed by atoms with Gasteiger partial charge in [-0.25, -0.2) is 0 Å². The van der Waals surface area contributed by atoms with Crippen molar-refractivity contribution in [2.45, 2.75) is 46.3 Å². The van der Waals surface area contributed by atoms with Crippen LogP contribution in [0.4, 0.5) is 0 Å². The van der Waals surface area contributed by atoms with Gasteiger partial charge in [0.05, 0.1) is 17.8 Å². The lowest BCUT2D eigenvalue weighted by atomic mass is 9.96. The molecule has 0 aliphatic carbocycles. The molecule has 0 unspecified atom stereocenters. The maximum Gasteiger partial charge on any atom is 0.170 e. The quantitative estimate of drug-likeness (QED) is 0.560. The van der Waals surface area contributed by atoms with Gasteiger partial charge in [0.25, 0.3) is 0 Å². The smallest absolute Gasteiger partial charge is 0.170 e. The second-order valence-electron chi connectivity index (χ2n) is 8.57. The number of benzene rings is 1. The first-order valence-electron chi connectivity index (χ1n) is 10.6. The van der Waals surface area contributed by atoms with E-state index >= 15 is 0 Å². The Labute approximate surface area is 184 Å². The van der Waals surface area contributed by atoms with E-state index in [0.717, 1.165) is 23.9 Å². The van der Waals surface area contributed by atoms with Gasteiger partial charge in [0.1, 0.15) is 0 Å². The zero-order chi connectivity index (χ0) is 21.3. The number of aryl methyl sites for hydroxylation is 1. The molecule has 1 aliphatic heterocycles. The van der Waals surface area contributed by atoms with Crippen molar-refractivity contribution in [3.8, 4) is 0 Å². The van der Waals surface area contributed by atoms with E-state index in [4.69, 9.17) is 12.2 Å². The van der Waals surface area contributed by atoms with Crippen LogP contribution in [0.25, 0.3) is 0 Å². The van der Waals surface area contributed by atoms with Crippen molar-refractivity contribution in [1.29, 1.82) is 0 Å². The van der Waals surface area contributed by atoms with Crippen LogP contribution >= 0.6 is 12.2 Å². The summed E-state index contributed by atoms with van der Waals surface area (Å²) in [5.41, 5.74) is 6.23. The van der Waals surface area contributed by atoms with Crippen LogP contribution in [-0.2, 0) is 6.54 Å². The van der Waals surface area contributed by atoms with Gasteiger partial charge in [-0.1, -0.05) is 50.2 Å². The van der Waals surface area contributed by atoms with E-state index in [9.17, 15) is 0 Å². The number of hydrogen-bond acceptors (Lipinski definition) is 2. The molecular weight excluding hydrogens is 388 g/mol. The highest BCUT2D eigenvalue weighted by molar-refractivity contribution is 7.80. The van der Waals surface area contributed by atoms with Gasteiger partial charge in [0, 0.05) is 30.7 Å². The van der Waals surface area contributed by atoms with Crippen LogP contribution in [0, 0.1) is 19.8 Å². The number of aromatic nitrogens is 2. The molecular formula is C25H30N4S. The molecule has 1 aliphatic rings. The van der Waals surface area contributed by atoms with Crippen LogP contribution in [0.1, 0.15) is 54.1 Å². The van der Waals surface area contributed by atoms with Crippen LogP contribution in [0.15, 0.2) is 60.8 Å². The lowest BCUT2D eigenvalue weighted by molar-refractivity contribution is 0.286. The Kier molecular flexibility index (Phi) is 5.91. The van der Waals surface area contributed by atoms with Gasteiger partial charge < -0.3 is 14.8 Å². The monoisotopic (exact) mass is 418 g/mol. The molecule has 2 aromatic heterocycles. The third kappa shape index (κ3) is 3.99. The second-order valence-corrected chi connectivity index (χ2v) is 8.96. The zero-order valence-electron chi connectivity index (χ0n) is 18.2. The Hall–Kier alpha value is -2.66. The number of thiocarbonyl (C=S) groups is 1. The van der Waals surface area contributed by atoms with Crippen LogP contribution in [-0.4, -0.2) is 26.1 Å². The number of pyridine rings is 1. The molecule has 0 radical (unpaired) electrons. The summed E-state index contributed by atoms with van der Waals surface area (Å²) in [6.45, 7) is 10.7. The van der Waals surface area contributed by atoms with Gasteiger partial charge in [0.15, 0.2) is 5.11 Å². The van der Waals surface area contributed by atoms with Gasteiger partial charge in [-0.15, -0.1) is 0 Å². The number of nitrogens with one attached hydrogen (secondary N) is 1. The van der Waals surface area contributed by atoms with Crippen molar-refractivity contribution in [1.82, 2.24) is 19.8 Å². The summed E-state index contributed by atoms with van der Waals surface area (Å²) in [6.07, 6.45) is 1.86. The molecule has 1 aromatic carbocycles. The highest BCUT2D eigenvalue weighted by Crippen LogP contribution is 2.41. The van der Waals surface area contributed by atoms with Crippen LogP contribution < -0.4 is 5.32 Å². The molecule has 0 bridgehead atoms. The molecule has 30 heavy (non-hydrogen) atoms. The standard InChI is InChI=1S/C25H30N4S/c1-17(2)15-29-24(23(27-25(29)30)22-12-8-9-13-26-22)21-14-18(3)28(19(21)4)16-20-10-6-5-7-11-20/h5-14,17,23-24H,15-16H2,1-4H3,(H,27,30)/t23-,24+/m1/s1. The highest BCUT2D eigenvalue weighted by atomic mass is 32.1. The molecule has 1 saturated heterocycles. The van der Waals surface area contributed by atoms with Crippen molar-refractivity contribution in [3.63, 3.8) is 0 Å². The Morgan fingerprint density at radius 1 is 1.07 bits per heavy atom. The van der Waals surface area contributed by atoms with Gasteiger partial charge in [-0.3, -0.25) is 4.98 Å². The van der Waals surface area contributed by atoms with E-state index in [0.29, 0.717) is 5.92 Å². The van der Waals surface area contributed by atoms with Gasteiger partial charge in [0.2, 0.25) is 0 Å². The molecule has 3 heterocycles. The summed E-state index contributed by atoms with van der Waals surface area (Å²) in [5.74, 6) is 0.516. The van der Waals surface area contributed by atoms with E-state index in [1.165, 1.54) is 22.5 Å². The molecule has 2 atom stereocenters. The van der Waals surface area contributed by atoms with Crippen LogP contribution in [0.5, 0.6) is 0 Å². The van der Waals surface area contributed by atoms with Crippen LogP contribution in [0.3, 0.4) is 0 Å². The largest absolute Gasteiger partial charge is 0.352 e. The minimum atomic E-state index is 0.0446. The third-order valence-corrected chi connectivity index (χ3v) is 6.23. The summed E-state index contributed by atoms with van der Waals surface area (Å²) < 4.78 is 2.41. The highest BCUT2D eigenvalue weighted by Gasteiger charge is 2.41. The van der Waals surface area contributed by atoms with Gasteiger partial charge in [-0.2, -0.15) is 0 Å². The van der Waals surface area contributed by atoms with Crippen LogP contribution in [0.2, 0.25) is 0 Å². The normalized spacial score (nSPS) is 18.8. The molecule has 1 fully saturated rings. The first kappa shape index (κ1) is 20.6. The van der Waals surface area contributed by atoms with Crippen molar-refractivity contribution in [2.75, 3.05) is 6.54 Å². The number of nitrogens with zero attached hydrogens (tertiary/aromatic N) is 3. The molecule has 4 nitrogen and oxygen atoms in total. The zero-order valence-corrected chi connectivity index (χ0v) is 19.0. The lowest BCUT2D eigenvalue weighted by Gasteiger charge is -2.29. The lowest BCUT2D eigenvalue weighted by Crippen LogP contribution is -2.33.